The van der Waals surface area contributed by atoms with Crippen molar-refractivity contribution < 1.29 is 0 Å². The van der Waals surface area contributed by atoms with Crippen molar-refractivity contribution in [3.8, 4) is 0 Å². The van der Waals surface area contributed by atoms with Gasteiger partial charge in [-0.25, -0.2) is 0 Å². The fraction of sp³-hybridized carbons (Fsp3) is 1.00. The van der Waals surface area contributed by atoms with Crippen LogP contribution in [0.3, 0.4) is 0 Å². The zero-order valence-electron chi connectivity index (χ0n) is 13.0. The average molecular weight is 496 g/mol. The first kappa shape index (κ1) is 18.3. The first-order valence-corrected chi connectivity index (χ1v) is 24.4. The fourth-order valence-electron chi connectivity index (χ4n) is 1.94. The molecular formula is C12H30Se3Si3. The van der Waals surface area contributed by atoms with Gasteiger partial charge in [0.2, 0.25) is 0 Å². The van der Waals surface area contributed by atoms with Crippen LogP contribution >= 0.6 is 0 Å². The second-order valence-corrected chi connectivity index (χ2v) is 36.2. The first-order valence-electron chi connectivity index (χ1n) is 6.85. The van der Waals surface area contributed by atoms with E-state index in [2.05, 4.69) is 39.3 Å². The van der Waals surface area contributed by atoms with E-state index in [-0.39, 0.29) is 0 Å². The van der Waals surface area contributed by atoms with Gasteiger partial charge in [0.1, 0.15) is 0 Å². The van der Waals surface area contributed by atoms with Crippen molar-refractivity contribution in [2.24, 2.45) is 0 Å². The fourth-order valence-corrected chi connectivity index (χ4v) is 43.1. The second-order valence-electron chi connectivity index (χ2n) is 7.97. The molecule has 1 fully saturated rings. The van der Waals surface area contributed by atoms with E-state index in [1.54, 1.807) is 29.7 Å². The first-order chi connectivity index (χ1) is 8.12. The van der Waals surface area contributed by atoms with Crippen LogP contribution in [0.2, 0.25) is 68.9 Å². The molecule has 0 spiro atoms. The summed E-state index contributed by atoms with van der Waals surface area (Å²) in [7, 11) is -2.36. The molecule has 1 saturated heterocycles. The molecule has 0 nitrogen and oxygen atoms in total. The van der Waals surface area contributed by atoms with Gasteiger partial charge in [-0.15, -0.1) is 0 Å². The summed E-state index contributed by atoms with van der Waals surface area (Å²) in [6.45, 7) is 16.1. The minimum absolute atomic E-state index is 0.786. The number of hydrogen-bond donors (Lipinski definition) is 0. The Morgan fingerprint density at radius 3 is 0.778 bits per heavy atom. The Hall–Kier alpha value is 2.21. The summed E-state index contributed by atoms with van der Waals surface area (Å²) < 4.78 is 0. The van der Waals surface area contributed by atoms with Crippen LogP contribution in [-0.4, -0.2) is 69.1 Å². The SMILES string of the molecule is C[Si]1(C)C[Se]C[Si](C)(C)C[Se]C[Si](C)(C)C[Se]C1. The molecule has 0 N–H and O–H groups in total. The van der Waals surface area contributed by atoms with Crippen LogP contribution in [0, 0.1) is 0 Å². The Kier molecular flexibility index (Phi) is 7.57. The van der Waals surface area contributed by atoms with Gasteiger partial charge < -0.3 is 0 Å². The topological polar surface area (TPSA) is 0 Å². The molecule has 0 aromatic rings. The average Bonchev–Trinajstić information content (AvgIpc) is 2.13. The molecule has 6 heteroatoms. The van der Waals surface area contributed by atoms with Crippen LogP contribution in [-0.2, 0) is 0 Å². The number of hydrogen-bond acceptors (Lipinski definition) is 0. The van der Waals surface area contributed by atoms with Crippen molar-refractivity contribution in [1.29, 1.82) is 0 Å². The summed E-state index contributed by atoms with van der Waals surface area (Å²) in [4.78, 5) is 10.1. The zero-order valence-corrected chi connectivity index (χ0v) is 21.1. The van der Waals surface area contributed by atoms with Crippen molar-refractivity contribution in [3.63, 3.8) is 0 Å². The Morgan fingerprint density at radius 1 is 0.444 bits per heavy atom. The summed E-state index contributed by atoms with van der Waals surface area (Å²) in [5.41, 5.74) is 0. The van der Waals surface area contributed by atoms with Crippen LogP contribution < -0.4 is 0 Å². The molecule has 0 bridgehead atoms. The third-order valence-electron chi connectivity index (χ3n) is 2.96. The van der Waals surface area contributed by atoms with E-state index in [9.17, 15) is 0 Å². The van der Waals surface area contributed by atoms with Gasteiger partial charge in [-0.3, -0.25) is 0 Å². The third kappa shape index (κ3) is 7.85. The minimum atomic E-state index is -0.786. The molecule has 1 aliphatic heterocycles. The van der Waals surface area contributed by atoms with Crippen LogP contribution in [0.15, 0.2) is 0 Å². The molecule has 0 saturated carbocycles. The maximum atomic E-state index is 2.68. The summed E-state index contributed by atoms with van der Waals surface area (Å²) in [6, 6.07) is 0. The summed E-state index contributed by atoms with van der Waals surface area (Å²) >= 11 is 3.01. The Balaban J connectivity index is 2.63. The molecule has 108 valence electrons. The molecule has 0 aromatic heterocycles. The quantitative estimate of drug-likeness (QED) is 0.446. The van der Waals surface area contributed by atoms with Gasteiger partial charge in [0.25, 0.3) is 0 Å². The van der Waals surface area contributed by atoms with Crippen molar-refractivity contribution in [3.05, 3.63) is 0 Å². The molecule has 0 radical (unpaired) electrons. The van der Waals surface area contributed by atoms with Crippen LogP contribution in [0.5, 0.6) is 0 Å². The van der Waals surface area contributed by atoms with Crippen molar-refractivity contribution in [1.82, 2.24) is 0 Å². The second kappa shape index (κ2) is 7.47. The van der Waals surface area contributed by atoms with Crippen molar-refractivity contribution in [2.45, 2.75) is 68.9 Å². The van der Waals surface area contributed by atoms with E-state index in [1.165, 1.54) is 0 Å². The van der Waals surface area contributed by atoms with Gasteiger partial charge in [-0.2, -0.15) is 0 Å². The summed E-state index contributed by atoms with van der Waals surface area (Å²) in [5.74, 6) is 0. The van der Waals surface area contributed by atoms with Crippen LogP contribution in [0.4, 0.5) is 0 Å². The van der Waals surface area contributed by atoms with Crippen molar-refractivity contribution in [2.75, 3.05) is 0 Å². The molecule has 0 amide bonds. The van der Waals surface area contributed by atoms with Crippen molar-refractivity contribution >= 4 is 69.1 Å². The molecule has 0 unspecified atom stereocenters. The third-order valence-corrected chi connectivity index (χ3v) is 46.1. The molecule has 1 aliphatic rings. The molecule has 18 heavy (non-hydrogen) atoms. The maximum absolute atomic E-state index is 2.68. The Labute approximate surface area is 137 Å². The predicted octanol–water partition coefficient (Wildman–Crippen LogP) is 3.98. The zero-order chi connectivity index (χ0) is 13.9. The van der Waals surface area contributed by atoms with Gasteiger partial charge >= 0.3 is 138 Å². The van der Waals surface area contributed by atoms with Gasteiger partial charge in [0.05, 0.1) is 0 Å². The van der Waals surface area contributed by atoms with Crippen LogP contribution in [0.25, 0.3) is 0 Å². The summed E-state index contributed by atoms with van der Waals surface area (Å²) in [5, 5.41) is 0. The van der Waals surface area contributed by atoms with E-state index in [0.29, 0.717) is 0 Å². The molecule has 0 aliphatic carbocycles. The van der Waals surface area contributed by atoms with E-state index < -0.39 is 24.2 Å². The van der Waals surface area contributed by atoms with E-state index in [0.717, 1.165) is 44.9 Å². The summed E-state index contributed by atoms with van der Waals surface area (Å²) in [6.07, 6.45) is 0. The van der Waals surface area contributed by atoms with Gasteiger partial charge in [-0.1, -0.05) is 0 Å². The Bertz CT molecular complexity index is 206. The number of rotatable bonds is 0. The van der Waals surface area contributed by atoms with Crippen LogP contribution in [0.1, 0.15) is 0 Å². The predicted molar refractivity (Wildman–Crippen MR) is 98.6 cm³/mol. The molecule has 1 rings (SSSR count). The standard InChI is InChI=1S/C12H30Se3Si3/c1-16(2)7-13-9-17(3,4)11-15-12-18(5,6)10-14-8-16/h7-12H2,1-6H3. The van der Waals surface area contributed by atoms with Gasteiger partial charge in [0.15, 0.2) is 0 Å². The normalized spacial score (nSPS) is 29.0. The van der Waals surface area contributed by atoms with E-state index in [1.807, 2.05) is 0 Å². The van der Waals surface area contributed by atoms with Gasteiger partial charge in [-0.05, 0) is 0 Å². The van der Waals surface area contributed by atoms with Gasteiger partial charge in [0, 0.05) is 0 Å². The monoisotopic (exact) mass is 498 g/mol. The molecular weight excluding hydrogens is 465 g/mol. The Morgan fingerprint density at radius 2 is 0.611 bits per heavy atom. The molecule has 0 atom stereocenters. The van der Waals surface area contributed by atoms with E-state index in [4.69, 9.17) is 0 Å². The molecule has 0 aromatic carbocycles. The molecule has 1 heterocycles. The van der Waals surface area contributed by atoms with E-state index >= 15 is 0 Å².